The van der Waals surface area contributed by atoms with Gasteiger partial charge >= 0.3 is 0 Å². The quantitative estimate of drug-likeness (QED) is 0.754. The van der Waals surface area contributed by atoms with Gasteiger partial charge in [0.05, 0.1) is 7.11 Å². The second kappa shape index (κ2) is 8.32. The zero-order valence-corrected chi connectivity index (χ0v) is 18.1. The number of ether oxygens (including phenoxy) is 1. The van der Waals surface area contributed by atoms with Gasteiger partial charge in [0.1, 0.15) is 16.7 Å². The van der Waals surface area contributed by atoms with Gasteiger partial charge in [-0.1, -0.05) is 24.3 Å². The molecule has 2 N–H and O–H groups in total. The Hall–Kier alpha value is -2.91. The first-order valence-electron chi connectivity index (χ1n) is 10.2. The molecule has 2 heterocycles. The van der Waals surface area contributed by atoms with Gasteiger partial charge in [-0.05, 0) is 42.2 Å². The second-order valence-electron chi connectivity index (χ2n) is 7.80. The number of fused-ring (bicyclic) bond motifs is 1. The number of carbonyl (C=O) groups is 2. The molecule has 0 unspecified atom stereocenters. The molecule has 8 nitrogen and oxygen atoms in total. The molecule has 2 amide bonds. The van der Waals surface area contributed by atoms with E-state index in [2.05, 4.69) is 0 Å². The molecule has 0 saturated carbocycles. The number of benzene rings is 2. The number of methoxy groups -OCH3 is 1. The molecule has 0 aliphatic carbocycles. The lowest BCUT2D eigenvalue weighted by Crippen LogP contribution is -2.51. The number of carbonyl (C=O) groups excluding carboxylic acids is 2. The van der Waals surface area contributed by atoms with Gasteiger partial charge < -0.3 is 15.4 Å². The van der Waals surface area contributed by atoms with E-state index in [1.165, 1.54) is 34.5 Å². The highest BCUT2D eigenvalue weighted by atomic mass is 32.2. The van der Waals surface area contributed by atoms with E-state index >= 15 is 0 Å². The molecule has 4 rings (SSSR count). The minimum atomic E-state index is -3.80. The predicted octanol–water partition coefficient (Wildman–Crippen LogP) is 1.53. The number of primary amides is 1. The van der Waals surface area contributed by atoms with Gasteiger partial charge in [-0.15, -0.1) is 0 Å². The van der Waals surface area contributed by atoms with E-state index in [0.717, 1.165) is 24.0 Å². The standard InChI is InChI=1S/C22H25N3O5S/c1-30-19-9-8-16(13-20(19)31(28,29)24-10-4-5-11-24)22(27)25-14-17-7-3-2-6-15(17)12-18(25)21(23)26/h2-3,6-9,13,18H,4-5,10-12,14H2,1H3,(H2,23,26)/t18-/m1/s1. The predicted molar refractivity (Wildman–Crippen MR) is 114 cm³/mol. The van der Waals surface area contributed by atoms with Gasteiger partial charge in [0.2, 0.25) is 15.9 Å². The van der Waals surface area contributed by atoms with Crippen molar-refractivity contribution in [3.8, 4) is 5.75 Å². The van der Waals surface area contributed by atoms with Crippen molar-refractivity contribution in [2.75, 3.05) is 20.2 Å². The fourth-order valence-electron chi connectivity index (χ4n) is 4.24. The molecular formula is C22H25N3O5S. The molecule has 1 saturated heterocycles. The van der Waals surface area contributed by atoms with Crippen molar-refractivity contribution >= 4 is 21.8 Å². The molecule has 0 aromatic heterocycles. The Balaban J connectivity index is 1.72. The number of rotatable bonds is 5. The first kappa shape index (κ1) is 21.3. The van der Waals surface area contributed by atoms with E-state index < -0.39 is 27.9 Å². The van der Waals surface area contributed by atoms with Crippen LogP contribution in [0.1, 0.15) is 34.3 Å². The van der Waals surface area contributed by atoms with Crippen molar-refractivity contribution in [2.45, 2.75) is 36.7 Å². The molecule has 9 heteroatoms. The molecule has 0 bridgehead atoms. The molecule has 2 aliphatic rings. The summed E-state index contributed by atoms with van der Waals surface area (Å²) in [5.74, 6) is -0.862. The summed E-state index contributed by atoms with van der Waals surface area (Å²) in [6.07, 6.45) is 1.92. The molecule has 0 radical (unpaired) electrons. The van der Waals surface area contributed by atoms with Crippen molar-refractivity contribution < 1.29 is 22.7 Å². The van der Waals surface area contributed by atoms with Gasteiger partial charge in [-0.25, -0.2) is 8.42 Å². The van der Waals surface area contributed by atoms with E-state index in [9.17, 15) is 18.0 Å². The second-order valence-corrected chi connectivity index (χ2v) is 9.71. The van der Waals surface area contributed by atoms with Crippen molar-refractivity contribution in [2.24, 2.45) is 5.73 Å². The maximum absolute atomic E-state index is 13.4. The van der Waals surface area contributed by atoms with Crippen LogP contribution in [0.2, 0.25) is 0 Å². The van der Waals surface area contributed by atoms with Crippen LogP contribution in [-0.2, 0) is 27.8 Å². The smallest absolute Gasteiger partial charge is 0.254 e. The molecule has 0 spiro atoms. The monoisotopic (exact) mass is 443 g/mol. The van der Waals surface area contributed by atoms with Crippen LogP contribution in [-0.4, -0.2) is 55.7 Å². The van der Waals surface area contributed by atoms with Crippen LogP contribution in [0.25, 0.3) is 0 Å². The van der Waals surface area contributed by atoms with Crippen LogP contribution in [0, 0.1) is 0 Å². The summed E-state index contributed by atoms with van der Waals surface area (Å²) in [6, 6.07) is 11.1. The van der Waals surface area contributed by atoms with E-state index in [1.54, 1.807) is 0 Å². The number of hydrogen-bond acceptors (Lipinski definition) is 5. The number of sulfonamides is 1. The molecule has 1 fully saturated rings. The molecule has 1 atom stereocenters. The Labute approximate surface area is 181 Å². The zero-order chi connectivity index (χ0) is 22.2. The highest BCUT2D eigenvalue weighted by Gasteiger charge is 2.35. The first-order chi connectivity index (χ1) is 14.8. The lowest BCUT2D eigenvalue weighted by atomic mass is 9.93. The molecule has 164 valence electrons. The lowest BCUT2D eigenvalue weighted by Gasteiger charge is -2.35. The third-order valence-electron chi connectivity index (χ3n) is 5.93. The van der Waals surface area contributed by atoms with Crippen molar-refractivity contribution in [3.63, 3.8) is 0 Å². The maximum Gasteiger partial charge on any atom is 0.254 e. The Morgan fingerprint density at radius 3 is 2.39 bits per heavy atom. The average Bonchev–Trinajstić information content (AvgIpc) is 3.33. The highest BCUT2D eigenvalue weighted by Crippen LogP contribution is 2.31. The Bertz CT molecular complexity index is 1130. The summed E-state index contributed by atoms with van der Waals surface area (Å²) >= 11 is 0. The van der Waals surface area contributed by atoms with E-state index in [1.807, 2.05) is 24.3 Å². The minimum absolute atomic E-state index is 0.0456. The van der Waals surface area contributed by atoms with Crippen LogP contribution < -0.4 is 10.5 Å². The van der Waals surface area contributed by atoms with Gasteiger partial charge in [-0.2, -0.15) is 4.31 Å². The Morgan fingerprint density at radius 1 is 1.06 bits per heavy atom. The van der Waals surface area contributed by atoms with Crippen LogP contribution >= 0.6 is 0 Å². The Morgan fingerprint density at radius 2 is 1.74 bits per heavy atom. The average molecular weight is 444 g/mol. The molecule has 2 aliphatic heterocycles. The summed E-state index contributed by atoms with van der Waals surface area (Å²) in [7, 11) is -2.41. The van der Waals surface area contributed by atoms with Crippen LogP contribution in [0.4, 0.5) is 0 Å². The summed E-state index contributed by atoms with van der Waals surface area (Å²) < 4.78 is 33.0. The van der Waals surface area contributed by atoms with E-state index in [4.69, 9.17) is 10.5 Å². The summed E-state index contributed by atoms with van der Waals surface area (Å²) in [5.41, 5.74) is 7.68. The number of amides is 2. The Kier molecular flexibility index (Phi) is 5.72. The lowest BCUT2D eigenvalue weighted by molar-refractivity contribution is -0.122. The topological polar surface area (TPSA) is 110 Å². The third-order valence-corrected chi connectivity index (χ3v) is 7.85. The number of nitrogens with two attached hydrogens (primary N) is 1. The van der Waals surface area contributed by atoms with Crippen molar-refractivity contribution in [1.29, 1.82) is 0 Å². The third kappa shape index (κ3) is 3.90. The number of hydrogen-bond donors (Lipinski definition) is 1. The zero-order valence-electron chi connectivity index (χ0n) is 17.3. The van der Waals surface area contributed by atoms with Crippen molar-refractivity contribution in [3.05, 3.63) is 59.2 Å². The normalized spacial score (nSPS) is 19.1. The van der Waals surface area contributed by atoms with E-state index in [-0.39, 0.29) is 22.8 Å². The molecule has 2 aromatic carbocycles. The number of nitrogens with zero attached hydrogens (tertiary/aromatic N) is 2. The fraction of sp³-hybridized carbons (Fsp3) is 0.364. The molecule has 2 aromatic rings. The van der Waals surface area contributed by atoms with Crippen molar-refractivity contribution in [1.82, 2.24) is 9.21 Å². The van der Waals surface area contributed by atoms with Gasteiger partial charge in [0.25, 0.3) is 5.91 Å². The van der Waals surface area contributed by atoms with Crippen LogP contribution in [0.5, 0.6) is 5.75 Å². The molecule has 31 heavy (non-hydrogen) atoms. The van der Waals surface area contributed by atoms with Gasteiger partial charge in [0.15, 0.2) is 0 Å². The molecular weight excluding hydrogens is 418 g/mol. The SMILES string of the molecule is COc1ccc(C(=O)N2Cc3ccccc3C[C@@H]2C(N)=O)cc1S(=O)(=O)N1CCCC1. The largest absolute Gasteiger partial charge is 0.495 e. The van der Waals surface area contributed by atoms with Gasteiger partial charge in [0, 0.05) is 31.6 Å². The maximum atomic E-state index is 13.4. The fourth-order valence-corrected chi connectivity index (χ4v) is 5.93. The van der Waals surface area contributed by atoms with Crippen LogP contribution in [0.15, 0.2) is 47.4 Å². The van der Waals surface area contributed by atoms with Crippen LogP contribution in [0.3, 0.4) is 0 Å². The highest BCUT2D eigenvalue weighted by molar-refractivity contribution is 7.89. The minimum Gasteiger partial charge on any atom is -0.495 e. The summed E-state index contributed by atoms with van der Waals surface area (Å²) in [6.45, 7) is 1.11. The summed E-state index contributed by atoms with van der Waals surface area (Å²) in [5, 5.41) is 0. The summed E-state index contributed by atoms with van der Waals surface area (Å²) in [4.78, 5) is 26.9. The van der Waals surface area contributed by atoms with E-state index in [0.29, 0.717) is 19.5 Å². The first-order valence-corrected chi connectivity index (χ1v) is 11.6. The van der Waals surface area contributed by atoms with Gasteiger partial charge in [-0.3, -0.25) is 9.59 Å².